The van der Waals surface area contributed by atoms with Crippen molar-refractivity contribution in [2.24, 2.45) is 5.73 Å². The van der Waals surface area contributed by atoms with Crippen LogP contribution in [0.4, 0.5) is 5.69 Å². The Bertz CT molecular complexity index is 614. The van der Waals surface area contributed by atoms with Crippen LogP contribution in [0.25, 0.3) is 0 Å². The van der Waals surface area contributed by atoms with Gasteiger partial charge < -0.3 is 20.5 Å². The van der Waals surface area contributed by atoms with Crippen molar-refractivity contribution in [3.05, 3.63) is 18.2 Å². The summed E-state index contributed by atoms with van der Waals surface area (Å²) in [5.74, 6) is 0.604. The lowest BCUT2D eigenvalue weighted by Gasteiger charge is -2.12. The van der Waals surface area contributed by atoms with Gasteiger partial charge in [0.15, 0.2) is 11.5 Å². The Labute approximate surface area is 117 Å². The Balaban J connectivity index is 1.94. The van der Waals surface area contributed by atoms with E-state index in [2.05, 4.69) is 5.32 Å². The maximum Gasteiger partial charge on any atom is 0.241 e. The van der Waals surface area contributed by atoms with E-state index in [-0.39, 0.29) is 19.0 Å². The molecule has 7 nitrogen and oxygen atoms in total. The van der Waals surface area contributed by atoms with Gasteiger partial charge in [-0.05, 0) is 18.6 Å². The number of amides is 1. The number of sulfone groups is 1. The summed E-state index contributed by atoms with van der Waals surface area (Å²) in [4.78, 5) is 11.8. The van der Waals surface area contributed by atoms with E-state index in [1.807, 2.05) is 0 Å². The average Bonchev–Trinajstić information content (AvgIpc) is 2.82. The number of anilines is 1. The molecule has 2 rings (SSSR count). The fraction of sp³-hybridized carbons (Fsp3) is 0.417. The molecule has 0 radical (unpaired) electrons. The summed E-state index contributed by atoms with van der Waals surface area (Å²) < 4.78 is 32.4. The minimum atomic E-state index is -3.13. The number of hydrogen-bond acceptors (Lipinski definition) is 6. The number of hydrogen-bond donors (Lipinski definition) is 2. The van der Waals surface area contributed by atoms with Gasteiger partial charge in [0.25, 0.3) is 0 Å². The fourth-order valence-electron chi connectivity index (χ4n) is 1.68. The minimum absolute atomic E-state index is 0.0786. The molecule has 0 saturated carbocycles. The number of benzene rings is 1. The van der Waals surface area contributed by atoms with Crippen molar-refractivity contribution in [2.75, 3.05) is 24.1 Å². The Kier molecular flexibility index (Phi) is 4.15. The van der Waals surface area contributed by atoms with E-state index in [0.29, 0.717) is 17.2 Å². The van der Waals surface area contributed by atoms with Crippen molar-refractivity contribution < 1.29 is 22.7 Å². The summed E-state index contributed by atoms with van der Waals surface area (Å²) >= 11 is 0. The molecule has 110 valence electrons. The average molecular weight is 300 g/mol. The van der Waals surface area contributed by atoms with Gasteiger partial charge in [-0.15, -0.1) is 0 Å². The van der Waals surface area contributed by atoms with E-state index in [9.17, 15) is 13.2 Å². The fourth-order valence-corrected chi connectivity index (χ4v) is 2.36. The molecule has 0 aromatic heterocycles. The first kappa shape index (κ1) is 14.6. The molecule has 0 spiro atoms. The van der Waals surface area contributed by atoms with E-state index in [4.69, 9.17) is 15.2 Å². The molecule has 1 aromatic rings. The number of nitrogens with one attached hydrogen (secondary N) is 1. The summed E-state index contributed by atoms with van der Waals surface area (Å²) in [6.45, 7) is 0.153. The molecule has 1 aliphatic rings. The number of fused-ring (bicyclic) bond motifs is 1. The van der Waals surface area contributed by atoms with Crippen LogP contribution < -0.4 is 20.5 Å². The highest BCUT2D eigenvalue weighted by molar-refractivity contribution is 7.90. The second-order valence-electron chi connectivity index (χ2n) is 4.58. The van der Waals surface area contributed by atoms with Crippen molar-refractivity contribution in [2.45, 2.75) is 12.5 Å². The van der Waals surface area contributed by atoms with Crippen LogP contribution in [0, 0.1) is 0 Å². The van der Waals surface area contributed by atoms with E-state index in [1.54, 1.807) is 18.2 Å². The van der Waals surface area contributed by atoms with Gasteiger partial charge in [-0.2, -0.15) is 0 Å². The molecule has 1 amide bonds. The predicted molar refractivity (Wildman–Crippen MR) is 73.5 cm³/mol. The molecule has 8 heteroatoms. The molecular formula is C12H16N2O5S. The van der Waals surface area contributed by atoms with Crippen LogP contribution in [0.15, 0.2) is 18.2 Å². The van der Waals surface area contributed by atoms with E-state index in [0.717, 1.165) is 6.26 Å². The molecule has 20 heavy (non-hydrogen) atoms. The van der Waals surface area contributed by atoms with Crippen LogP contribution in [0.3, 0.4) is 0 Å². The number of carbonyl (C=O) groups is 1. The molecular weight excluding hydrogens is 284 g/mol. The molecule has 0 saturated heterocycles. The molecule has 0 aliphatic carbocycles. The van der Waals surface area contributed by atoms with Crippen LogP contribution >= 0.6 is 0 Å². The highest BCUT2D eigenvalue weighted by Gasteiger charge is 2.18. The number of ether oxygens (including phenoxy) is 2. The summed E-state index contributed by atoms with van der Waals surface area (Å²) in [7, 11) is -3.13. The standard InChI is InChI=1S/C12H16N2O5S/c1-20(16,17)5-4-9(13)12(15)14-8-2-3-10-11(6-8)19-7-18-10/h2-3,6,9H,4-5,7,13H2,1H3,(H,14,15). The third-order valence-electron chi connectivity index (χ3n) is 2.78. The first-order chi connectivity index (χ1) is 9.35. The van der Waals surface area contributed by atoms with Crippen molar-refractivity contribution in [1.82, 2.24) is 0 Å². The van der Waals surface area contributed by atoms with Crippen molar-refractivity contribution >= 4 is 21.4 Å². The zero-order valence-electron chi connectivity index (χ0n) is 11.0. The highest BCUT2D eigenvalue weighted by atomic mass is 32.2. The van der Waals surface area contributed by atoms with E-state index < -0.39 is 21.8 Å². The molecule has 3 N–H and O–H groups in total. The van der Waals surface area contributed by atoms with Crippen molar-refractivity contribution in [3.63, 3.8) is 0 Å². The third-order valence-corrected chi connectivity index (χ3v) is 3.75. The summed E-state index contributed by atoms with van der Waals surface area (Å²) in [5, 5.41) is 2.61. The SMILES string of the molecule is CS(=O)(=O)CCC(N)C(=O)Nc1ccc2c(c1)OCO2. The Morgan fingerprint density at radius 2 is 2.10 bits per heavy atom. The van der Waals surface area contributed by atoms with Gasteiger partial charge in [0, 0.05) is 18.0 Å². The highest BCUT2D eigenvalue weighted by Crippen LogP contribution is 2.34. The van der Waals surface area contributed by atoms with Crippen LogP contribution in [0.1, 0.15) is 6.42 Å². The number of rotatable bonds is 5. The van der Waals surface area contributed by atoms with Crippen LogP contribution in [-0.4, -0.2) is 39.2 Å². The summed E-state index contributed by atoms with van der Waals surface area (Å²) in [6.07, 6.45) is 1.19. The zero-order chi connectivity index (χ0) is 14.8. The van der Waals surface area contributed by atoms with Crippen LogP contribution in [-0.2, 0) is 14.6 Å². The lowest BCUT2D eigenvalue weighted by atomic mass is 10.2. The molecule has 1 atom stereocenters. The lowest BCUT2D eigenvalue weighted by molar-refractivity contribution is -0.117. The lowest BCUT2D eigenvalue weighted by Crippen LogP contribution is -2.37. The Morgan fingerprint density at radius 3 is 2.80 bits per heavy atom. The minimum Gasteiger partial charge on any atom is -0.454 e. The van der Waals surface area contributed by atoms with Crippen molar-refractivity contribution in [3.8, 4) is 11.5 Å². The summed E-state index contributed by atoms with van der Waals surface area (Å²) in [5.41, 5.74) is 6.17. The second-order valence-corrected chi connectivity index (χ2v) is 6.84. The van der Waals surface area contributed by atoms with Gasteiger partial charge >= 0.3 is 0 Å². The van der Waals surface area contributed by atoms with Crippen molar-refractivity contribution in [1.29, 1.82) is 0 Å². The Hall–Kier alpha value is -1.80. The van der Waals surface area contributed by atoms with E-state index >= 15 is 0 Å². The topological polar surface area (TPSA) is 108 Å². The second kappa shape index (κ2) is 5.68. The first-order valence-corrected chi connectivity index (χ1v) is 8.05. The summed E-state index contributed by atoms with van der Waals surface area (Å²) in [6, 6.07) is 4.09. The van der Waals surface area contributed by atoms with Crippen LogP contribution in [0.2, 0.25) is 0 Å². The van der Waals surface area contributed by atoms with Crippen LogP contribution in [0.5, 0.6) is 11.5 Å². The third kappa shape index (κ3) is 3.84. The monoisotopic (exact) mass is 300 g/mol. The molecule has 1 heterocycles. The predicted octanol–water partition coefficient (Wildman–Crippen LogP) is 0.116. The molecule has 1 unspecified atom stereocenters. The number of carbonyl (C=O) groups excluding carboxylic acids is 1. The maximum absolute atomic E-state index is 11.8. The zero-order valence-corrected chi connectivity index (χ0v) is 11.8. The maximum atomic E-state index is 11.8. The molecule has 0 bridgehead atoms. The van der Waals surface area contributed by atoms with Gasteiger partial charge in [-0.3, -0.25) is 4.79 Å². The molecule has 1 aliphatic heterocycles. The van der Waals surface area contributed by atoms with Gasteiger partial charge in [0.05, 0.1) is 11.8 Å². The quantitative estimate of drug-likeness (QED) is 0.799. The Morgan fingerprint density at radius 1 is 1.40 bits per heavy atom. The largest absolute Gasteiger partial charge is 0.454 e. The molecule has 1 aromatic carbocycles. The van der Waals surface area contributed by atoms with E-state index in [1.165, 1.54) is 0 Å². The molecule has 0 fully saturated rings. The van der Waals surface area contributed by atoms with Gasteiger partial charge in [0.2, 0.25) is 12.7 Å². The first-order valence-electron chi connectivity index (χ1n) is 5.99. The normalized spacial score (nSPS) is 14.9. The van der Waals surface area contributed by atoms with Gasteiger partial charge in [-0.1, -0.05) is 0 Å². The number of nitrogens with two attached hydrogens (primary N) is 1. The smallest absolute Gasteiger partial charge is 0.241 e. The van der Waals surface area contributed by atoms with Gasteiger partial charge in [0.1, 0.15) is 9.84 Å². The van der Waals surface area contributed by atoms with Gasteiger partial charge in [-0.25, -0.2) is 8.42 Å².